The summed E-state index contributed by atoms with van der Waals surface area (Å²) in [5, 5.41) is 21.3. The third kappa shape index (κ3) is 6.27. The molecule has 0 aliphatic carbocycles. The largest absolute Gasteiger partial charge is 0.505 e. The molecular formula is C21H24FNO6. The number of anilines is 1. The highest BCUT2D eigenvalue weighted by Crippen LogP contribution is 2.29. The second-order valence-electron chi connectivity index (χ2n) is 6.30. The maximum Gasteiger partial charge on any atom is 0.412 e. The second kappa shape index (κ2) is 10.5. The van der Waals surface area contributed by atoms with Crippen molar-refractivity contribution in [3.05, 3.63) is 59.4 Å². The van der Waals surface area contributed by atoms with Crippen LogP contribution < -0.4 is 5.32 Å². The number of hydrogen-bond acceptors (Lipinski definition) is 6. The van der Waals surface area contributed by atoms with Crippen LogP contribution in [0.15, 0.2) is 42.5 Å². The van der Waals surface area contributed by atoms with Crippen molar-refractivity contribution in [2.45, 2.75) is 32.5 Å². The molecule has 0 radical (unpaired) electrons. The number of amides is 1. The summed E-state index contributed by atoms with van der Waals surface area (Å²) in [5.41, 5.74) is 1.18. The van der Waals surface area contributed by atoms with Crippen LogP contribution in [0.2, 0.25) is 0 Å². The van der Waals surface area contributed by atoms with E-state index < -0.39 is 29.9 Å². The van der Waals surface area contributed by atoms with E-state index in [2.05, 4.69) is 5.32 Å². The summed E-state index contributed by atoms with van der Waals surface area (Å²) >= 11 is 0. The normalized spacial score (nSPS) is 12.8. The molecule has 2 rings (SSSR count). The first kappa shape index (κ1) is 22.3. The molecule has 0 bridgehead atoms. The predicted octanol–water partition coefficient (Wildman–Crippen LogP) is 3.81. The molecule has 3 N–H and O–H groups in total. The van der Waals surface area contributed by atoms with Crippen molar-refractivity contribution in [1.82, 2.24) is 0 Å². The third-order valence-electron chi connectivity index (χ3n) is 4.20. The number of carbonyl (C=O) groups is 2. The minimum absolute atomic E-state index is 0.0999. The van der Waals surface area contributed by atoms with Gasteiger partial charge in [-0.25, -0.2) is 9.18 Å². The zero-order valence-electron chi connectivity index (χ0n) is 16.2. The topological polar surface area (TPSA) is 105 Å². The second-order valence-corrected chi connectivity index (χ2v) is 6.30. The number of aromatic hydroxyl groups is 1. The number of carbonyl (C=O) groups excluding carboxylic acids is 2. The molecule has 156 valence electrons. The molecule has 0 unspecified atom stereocenters. The highest BCUT2D eigenvalue weighted by atomic mass is 19.1. The lowest BCUT2D eigenvalue weighted by Crippen LogP contribution is -2.29. The molecule has 29 heavy (non-hydrogen) atoms. The molecule has 0 aliphatic rings. The van der Waals surface area contributed by atoms with Gasteiger partial charge in [0.05, 0.1) is 0 Å². The molecule has 0 saturated heterocycles. The monoisotopic (exact) mass is 405 g/mol. The Hall–Kier alpha value is -2.97. The van der Waals surface area contributed by atoms with Gasteiger partial charge in [0, 0.05) is 30.9 Å². The first-order valence-electron chi connectivity index (χ1n) is 9.15. The Morgan fingerprint density at radius 3 is 2.41 bits per heavy atom. The molecule has 7 nitrogen and oxygen atoms in total. The molecule has 0 heterocycles. The van der Waals surface area contributed by atoms with Gasteiger partial charge in [0.15, 0.2) is 23.5 Å². The van der Waals surface area contributed by atoms with E-state index in [1.807, 2.05) is 0 Å². The van der Waals surface area contributed by atoms with Crippen molar-refractivity contribution >= 4 is 17.6 Å². The van der Waals surface area contributed by atoms with Crippen LogP contribution in [0.5, 0.6) is 5.75 Å². The molecule has 1 amide bonds. The highest BCUT2D eigenvalue weighted by molar-refractivity contribution is 5.95. The fourth-order valence-corrected chi connectivity index (χ4v) is 2.77. The Balaban J connectivity index is 2.21. The molecule has 0 spiro atoms. The Kier molecular flexibility index (Phi) is 8.11. The zero-order valence-corrected chi connectivity index (χ0v) is 16.2. The van der Waals surface area contributed by atoms with Crippen LogP contribution in [0.3, 0.4) is 0 Å². The maximum atomic E-state index is 13.8. The minimum atomic E-state index is -1.02. The Bertz CT molecular complexity index is 834. The van der Waals surface area contributed by atoms with Gasteiger partial charge in [0.2, 0.25) is 0 Å². The van der Waals surface area contributed by atoms with Crippen LogP contribution in [0.1, 0.15) is 42.3 Å². The number of phenols is 1. The number of phenolic OH excluding ortho intramolecular Hbond substituents is 1. The molecule has 0 saturated carbocycles. The lowest BCUT2D eigenvalue weighted by Gasteiger charge is -2.27. The van der Waals surface area contributed by atoms with Crippen molar-refractivity contribution < 1.29 is 33.7 Å². The number of aliphatic hydroxyl groups excluding tert-OH is 1. The van der Waals surface area contributed by atoms with E-state index in [0.717, 1.165) is 12.1 Å². The van der Waals surface area contributed by atoms with Crippen molar-refractivity contribution in [3.8, 4) is 5.75 Å². The van der Waals surface area contributed by atoms with Crippen LogP contribution in [-0.2, 0) is 9.47 Å². The highest BCUT2D eigenvalue weighted by Gasteiger charge is 2.28. The summed E-state index contributed by atoms with van der Waals surface area (Å²) in [6.07, 6.45) is -2.41. The number of halogens is 1. The van der Waals surface area contributed by atoms with E-state index >= 15 is 0 Å². The first-order chi connectivity index (χ1) is 13.8. The summed E-state index contributed by atoms with van der Waals surface area (Å²) in [5.74, 6) is -1.50. The zero-order chi connectivity index (χ0) is 21.4. The van der Waals surface area contributed by atoms with E-state index in [9.17, 15) is 24.2 Å². The van der Waals surface area contributed by atoms with Crippen LogP contribution >= 0.6 is 0 Å². The number of ether oxygens (including phenoxy) is 2. The third-order valence-corrected chi connectivity index (χ3v) is 4.20. The van der Waals surface area contributed by atoms with Gasteiger partial charge < -0.3 is 19.7 Å². The van der Waals surface area contributed by atoms with Crippen molar-refractivity contribution in [3.63, 3.8) is 0 Å². The molecule has 0 fully saturated rings. The van der Waals surface area contributed by atoms with E-state index in [4.69, 9.17) is 9.47 Å². The average molecular weight is 405 g/mol. The quantitative estimate of drug-likeness (QED) is 0.548. The summed E-state index contributed by atoms with van der Waals surface area (Å²) in [7, 11) is 0. The Morgan fingerprint density at radius 1 is 1.17 bits per heavy atom. The summed E-state index contributed by atoms with van der Waals surface area (Å²) in [6.45, 7) is 3.25. The minimum Gasteiger partial charge on any atom is -0.505 e. The number of rotatable bonds is 9. The maximum absolute atomic E-state index is 13.8. The Morgan fingerprint density at radius 2 is 1.86 bits per heavy atom. The van der Waals surface area contributed by atoms with Crippen molar-refractivity contribution in [2.24, 2.45) is 0 Å². The van der Waals surface area contributed by atoms with Gasteiger partial charge in [-0.3, -0.25) is 10.1 Å². The summed E-state index contributed by atoms with van der Waals surface area (Å²) < 4.78 is 24.9. The van der Waals surface area contributed by atoms with Crippen molar-refractivity contribution in [1.29, 1.82) is 0 Å². The summed E-state index contributed by atoms with van der Waals surface area (Å²) in [4.78, 5) is 23.8. The number of Topliss-reactive ketones (excluding diaryl/α,β-unsaturated/α-hetero) is 1. The molecule has 8 heteroatoms. The van der Waals surface area contributed by atoms with E-state index in [1.165, 1.54) is 13.0 Å². The van der Waals surface area contributed by atoms with E-state index in [1.54, 1.807) is 31.2 Å². The van der Waals surface area contributed by atoms with Crippen LogP contribution in [0.25, 0.3) is 0 Å². The van der Waals surface area contributed by atoms with Gasteiger partial charge in [0.25, 0.3) is 0 Å². The lowest BCUT2D eigenvalue weighted by molar-refractivity contribution is -0.0485. The molecule has 2 aromatic rings. The SMILES string of the molecule is CCO[C@H](CCO)[C@H](OC(=O)Nc1ccc(C(C)=O)cc1)c1ccc(O)c(F)c1. The summed E-state index contributed by atoms with van der Waals surface area (Å²) in [6, 6.07) is 9.88. The number of benzene rings is 2. The van der Waals surface area contributed by atoms with Crippen LogP contribution in [-0.4, -0.2) is 41.4 Å². The van der Waals surface area contributed by atoms with Gasteiger partial charge in [-0.1, -0.05) is 6.07 Å². The Labute approximate surface area is 168 Å². The smallest absolute Gasteiger partial charge is 0.412 e. The number of hydrogen-bond donors (Lipinski definition) is 3. The number of nitrogens with one attached hydrogen (secondary N) is 1. The van der Waals surface area contributed by atoms with Crippen LogP contribution in [0, 0.1) is 5.82 Å². The molecular weight excluding hydrogens is 381 g/mol. The van der Waals surface area contributed by atoms with E-state index in [0.29, 0.717) is 17.9 Å². The number of aliphatic hydroxyl groups is 1. The standard InChI is InChI=1S/C21H24FNO6/c1-3-28-19(10-11-24)20(15-6-9-18(26)17(22)12-15)29-21(27)23-16-7-4-14(5-8-16)13(2)25/h4-9,12,19-20,24,26H,3,10-11H2,1-2H3,(H,23,27)/t19-,20-/m1/s1. The predicted molar refractivity (Wildman–Crippen MR) is 104 cm³/mol. The van der Waals surface area contributed by atoms with Gasteiger partial charge in [-0.05, 0) is 55.8 Å². The molecule has 0 aliphatic heterocycles. The van der Waals surface area contributed by atoms with Gasteiger partial charge in [-0.2, -0.15) is 0 Å². The van der Waals surface area contributed by atoms with Gasteiger partial charge in [-0.15, -0.1) is 0 Å². The van der Waals surface area contributed by atoms with Crippen molar-refractivity contribution in [2.75, 3.05) is 18.5 Å². The van der Waals surface area contributed by atoms with Crippen LogP contribution in [0.4, 0.5) is 14.9 Å². The molecule has 2 atom stereocenters. The molecule has 0 aromatic heterocycles. The average Bonchev–Trinajstić information content (AvgIpc) is 2.68. The van der Waals surface area contributed by atoms with E-state index in [-0.39, 0.29) is 24.4 Å². The lowest BCUT2D eigenvalue weighted by atomic mass is 10.0. The first-order valence-corrected chi connectivity index (χ1v) is 9.15. The van der Waals surface area contributed by atoms with Gasteiger partial charge >= 0.3 is 6.09 Å². The molecule has 2 aromatic carbocycles. The fraction of sp³-hybridized carbons (Fsp3) is 0.333. The van der Waals surface area contributed by atoms with Gasteiger partial charge in [0.1, 0.15) is 6.10 Å². The number of ketones is 1. The fourth-order valence-electron chi connectivity index (χ4n) is 2.77.